The van der Waals surface area contributed by atoms with Gasteiger partial charge in [0.1, 0.15) is 5.75 Å². The number of benzene rings is 1. The molecule has 1 rings (SSSR count). The molecule has 0 bridgehead atoms. The van der Waals surface area contributed by atoms with Gasteiger partial charge in [-0.25, -0.2) is 0 Å². The minimum atomic E-state index is 0.00174. The molecule has 20 heavy (non-hydrogen) atoms. The Morgan fingerprint density at radius 2 is 2.25 bits per heavy atom. The SMILES string of the molecule is CNCCCC(=O)Nc1cccc(OCCCC#N)c1. The van der Waals surface area contributed by atoms with Gasteiger partial charge in [-0.05, 0) is 38.6 Å². The van der Waals surface area contributed by atoms with Crippen molar-refractivity contribution in [2.75, 3.05) is 25.5 Å². The van der Waals surface area contributed by atoms with Crippen molar-refractivity contribution >= 4 is 11.6 Å². The van der Waals surface area contributed by atoms with Gasteiger partial charge in [0.25, 0.3) is 0 Å². The molecule has 0 aliphatic carbocycles. The molecule has 2 N–H and O–H groups in total. The second-order valence-corrected chi connectivity index (χ2v) is 4.39. The van der Waals surface area contributed by atoms with Crippen LogP contribution in [0, 0.1) is 11.3 Å². The Morgan fingerprint density at radius 3 is 3.00 bits per heavy atom. The Bertz CT molecular complexity index is 455. The van der Waals surface area contributed by atoms with E-state index in [0.29, 0.717) is 31.6 Å². The van der Waals surface area contributed by atoms with E-state index in [0.717, 1.165) is 18.7 Å². The van der Waals surface area contributed by atoms with Crippen LogP contribution in [0.1, 0.15) is 25.7 Å². The summed E-state index contributed by atoms with van der Waals surface area (Å²) in [5.41, 5.74) is 0.734. The first-order valence-electron chi connectivity index (χ1n) is 6.80. The van der Waals surface area contributed by atoms with Crippen LogP contribution in [0.3, 0.4) is 0 Å². The van der Waals surface area contributed by atoms with E-state index in [9.17, 15) is 4.79 Å². The van der Waals surface area contributed by atoms with Crippen molar-refractivity contribution in [3.05, 3.63) is 24.3 Å². The van der Waals surface area contributed by atoms with Crippen molar-refractivity contribution in [2.24, 2.45) is 0 Å². The maximum atomic E-state index is 11.7. The lowest BCUT2D eigenvalue weighted by Gasteiger charge is -2.08. The molecule has 5 nitrogen and oxygen atoms in total. The van der Waals surface area contributed by atoms with Gasteiger partial charge < -0.3 is 15.4 Å². The van der Waals surface area contributed by atoms with Gasteiger partial charge in [-0.1, -0.05) is 6.07 Å². The van der Waals surface area contributed by atoms with Gasteiger partial charge in [-0.2, -0.15) is 5.26 Å². The Kier molecular flexibility index (Phi) is 7.85. The molecule has 0 fully saturated rings. The molecule has 5 heteroatoms. The fourth-order valence-corrected chi connectivity index (χ4v) is 1.65. The fraction of sp³-hybridized carbons (Fsp3) is 0.467. The zero-order valence-electron chi connectivity index (χ0n) is 11.8. The number of carbonyl (C=O) groups excluding carboxylic acids is 1. The van der Waals surface area contributed by atoms with Crippen LogP contribution in [0.4, 0.5) is 5.69 Å². The third kappa shape index (κ3) is 6.76. The Morgan fingerprint density at radius 1 is 1.40 bits per heavy atom. The van der Waals surface area contributed by atoms with Crippen molar-refractivity contribution in [3.8, 4) is 11.8 Å². The van der Waals surface area contributed by atoms with E-state index in [2.05, 4.69) is 16.7 Å². The van der Waals surface area contributed by atoms with E-state index in [1.165, 1.54) is 0 Å². The van der Waals surface area contributed by atoms with Gasteiger partial charge in [0, 0.05) is 24.6 Å². The average Bonchev–Trinajstić information content (AvgIpc) is 2.44. The zero-order chi connectivity index (χ0) is 14.6. The van der Waals surface area contributed by atoms with Crippen LogP contribution in [0.15, 0.2) is 24.3 Å². The number of ether oxygens (including phenoxy) is 1. The molecule has 0 saturated carbocycles. The highest BCUT2D eigenvalue weighted by atomic mass is 16.5. The Labute approximate surface area is 119 Å². The third-order valence-electron chi connectivity index (χ3n) is 2.65. The fourth-order valence-electron chi connectivity index (χ4n) is 1.65. The summed E-state index contributed by atoms with van der Waals surface area (Å²) in [6.07, 6.45) is 2.50. The number of nitrogens with zero attached hydrogens (tertiary/aromatic N) is 1. The predicted molar refractivity (Wildman–Crippen MR) is 78.6 cm³/mol. The summed E-state index contributed by atoms with van der Waals surface area (Å²) in [5, 5.41) is 14.3. The number of nitriles is 1. The number of carbonyl (C=O) groups is 1. The van der Waals surface area contributed by atoms with Crippen LogP contribution in [0.5, 0.6) is 5.75 Å². The molecule has 1 aromatic rings. The summed E-state index contributed by atoms with van der Waals surface area (Å²) in [7, 11) is 1.87. The molecule has 0 aromatic heterocycles. The monoisotopic (exact) mass is 275 g/mol. The van der Waals surface area contributed by atoms with Crippen LogP contribution < -0.4 is 15.4 Å². The summed E-state index contributed by atoms with van der Waals surface area (Å²) in [4.78, 5) is 11.7. The molecule has 0 atom stereocenters. The second-order valence-electron chi connectivity index (χ2n) is 4.39. The molecule has 0 heterocycles. The average molecular weight is 275 g/mol. The molecule has 0 aliphatic heterocycles. The molecule has 1 aromatic carbocycles. The molecular weight excluding hydrogens is 254 g/mol. The topological polar surface area (TPSA) is 74.2 Å². The molecule has 108 valence electrons. The molecule has 0 saturated heterocycles. The van der Waals surface area contributed by atoms with Gasteiger partial charge in [0.05, 0.1) is 12.7 Å². The molecule has 0 aliphatic rings. The number of nitrogens with one attached hydrogen (secondary N) is 2. The first-order valence-corrected chi connectivity index (χ1v) is 6.80. The number of rotatable bonds is 9. The molecule has 0 radical (unpaired) electrons. The smallest absolute Gasteiger partial charge is 0.224 e. The van der Waals surface area contributed by atoms with Crippen molar-refractivity contribution in [3.63, 3.8) is 0 Å². The van der Waals surface area contributed by atoms with Crippen molar-refractivity contribution < 1.29 is 9.53 Å². The summed E-state index contributed by atoms with van der Waals surface area (Å²) >= 11 is 0. The number of amides is 1. The number of anilines is 1. The largest absolute Gasteiger partial charge is 0.493 e. The zero-order valence-corrected chi connectivity index (χ0v) is 11.8. The maximum Gasteiger partial charge on any atom is 0.224 e. The number of hydrogen-bond acceptors (Lipinski definition) is 4. The van der Waals surface area contributed by atoms with Gasteiger partial charge >= 0.3 is 0 Å². The van der Waals surface area contributed by atoms with Crippen LogP contribution in [-0.4, -0.2) is 26.1 Å². The minimum absolute atomic E-state index is 0.00174. The maximum absolute atomic E-state index is 11.7. The Hall–Kier alpha value is -2.06. The summed E-state index contributed by atoms with van der Waals surface area (Å²) in [6, 6.07) is 9.37. The van der Waals surface area contributed by atoms with E-state index in [1.807, 2.05) is 25.2 Å². The lowest BCUT2D eigenvalue weighted by atomic mass is 10.2. The normalized spacial score (nSPS) is 9.80. The summed E-state index contributed by atoms with van der Waals surface area (Å²) in [6.45, 7) is 1.34. The molecule has 0 unspecified atom stereocenters. The van der Waals surface area contributed by atoms with Gasteiger partial charge in [0.15, 0.2) is 0 Å². The quantitative estimate of drug-likeness (QED) is 0.678. The van der Waals surface area contributed by atoms with Crippen molar-refractivity contribution in [1.29, 1.82) is 5.26 Å². The van der Waals surface area contributed by atoms with E-state index in [4.69, 9.17) is 10.00 Å². The van der Waals surface area contributed by atoms with Gasteiger partial charge in [-0.3, -0.25) is 4.79 Å². The van der Waals surface area contributed by atoms with E-state index in [1.54, 1.807) is 6.07 Å². The van der Waals surface area contributed by atoms with Crippen LogP contribution >= 0.6 is 0 Å². The molecule has 0 spiro atoms. The first-order chi connectivity index (χ1) is 9.76. The van der Waals surface area contributed by atoms with E-state index < -0.39 is 0 Å². The summed E-state index contributed by atoms with van der Waals surface area (Å²) < 4.78 is 5.52. The lowest BCUT2D eigenvalue weighted by Crippen LogP contribution is -2.15. The number of unbranched alkanes of at least 4 members (excludes halogenated alkanes) is 1. The van der Waals surface area contributed by atoms with Gasteiger partial charge in [-0.15, -0.1) is 0 Å². The second kappa shape index (κ2) is 9.82. The van der Waals surface area contributed by atoms with Crippen LogP contribution in [0.25, 0.3) is 0 Å². The lowest BCUT2D eigenvalue weighted by molar-refractivity contribution is -0.116. The van der Waals surface area contributed by atoms with Crippen LogP contribution in [-0.2, 0) is 4.79 Å². The van der Waals surface area contributed by atoms with Gasteiger partial charge in [0.2, 0.25) is 5.91 Å². The number of hydrogen-bond donors (Lipinski definition) is 2. The Balaban J connectivity index is 2.39. The minimum Gasteiger partial charge on any atom is -0.493 e. The first kappa shape index (κ1) is 16.0. The summed E-state index contributed by atoms with van der Waals surface area (Å²) in [5.74, 6) is 0.706. The highest BCUT2D eigenvalue weighted by Gasteiger charge is 2.03. The van der Waals surface area contributed by atoms with Crippen LogP contribution in [0.2, 0.25) is 0 Å². The predicted octanol–water partition coefficient (Wildman–Crippen LogP) is 2.31. The molecule has 1 amide bonds. The third-order valence-corrected chi connectivity index (χ3v) is 2.65. The molecular formula is C15H21N3O2. The van der Waals surface area contributed by atoms with E-state index >= 15 is 0 Å². The van der Waals surface area contributed by atoms with Crippen molar-refractivity contribution in [2.45, 2.75) is 25.7 Å². The van der Waals surface area contributed by atoms with E-state index in [-0.39, 0.29) is 5.91 Å². The highest BCUT2D eigenvalue weighted by Crippen LogP contribution is 2.17. The standard InChI is InChI=1S/C15H21N3O2/c1-17-10-5-8-15(19)18-13-6-4-7-14(12-13)20-11-3-2-9-16/h4,6-7,12,17H,2-3,5,8,10-11H2,1H3,(H,18,19). The highest BCUT2D eigenvalue weighted by molar-refractivity contribution is 5.90. The van der Waals surface area contributed by atoms with Crippen molar-refractivity contribution in [1.82, 2.24) is 5.32 Å².